The first-order valence-corrected chi connectivity index (χ1v) is 10.1. The lowest BCUT2D eigenvalue weighted by Gasteiger charge is -2.17. The lowest BCUT2D eigenvalue weighted by atomic mass is 10.1. The van der Waals surface area contributed by atoms with Gasteiger partial charge in [-0.05, 0) is 41.8 Å². The summed E-state index contributed by atoms with van der Waals surface area (Å²) < 4.78 is 47.4. The van der Waals surface area contributed by atoms with Crippen LogP contribution in [0, 0.1) is 0 Å². The van der Waals surface area contributed by atoms with Crippen LogP contribution in [0.3, 0.4) is 0 Å². The van der Waals surface area contributed by atoms with Gasteiger partial charge in [0.05, 0.1) is 18.8 Å². The fourth-order valence-corrected chi connectivity index (χ4v) is 3.63. The van der Waals surface area contributed by atoms with Crippen molar-refractivity contribution in [2.75, 3.05) is 6.61 Å². The zero-order valence-electron chi connectivity index (χ0n) is 13.1. The smallest absolute Gasteiger partial charge is 0.376 e. The molecule has 0 aliphatic heterocycles. The SMILES string of the molecule is O=[PH](O)OC(F)(F)c1ccc(COCCc2ccc(Cl)cc2Cl)cc1Br. The molecule has 0 amide bonds. The summed E-state index contributed by atoms with van der Waals surface area (Å²) in [5.41, 5.74) is 1.00. The van der Waals surface area contributed by atoms with E-state index >= 15 is 0 Å². The molecule has 0 bridgehead atoms. The van der Waals surface area contributed by atoms with Gasteiger partial charge in [0.15, 0.2) is 0 Å². The molecule has 0 fully saturated rings. The van der Waals surface area contributed by atoms with Gasteiger partial charge in [-0.15, -0.1) is 0 Å². The van der Waals surface area contributed by atoms with Crippen molar-refractivity contribution in [1.29, 1.82) is 0 Å². The lowest BCUT2D eigenvalue weighted by Crippen LogP contribution is -2.15. The van der Waals surface area contributed by atoms with E-state index in [1.807, 2.05) is 6.07 Å². The van der Waals surface area contributed by atoms with Gasteiger partial charge in [0, 0.05) is 14.5 Å². The van der Waals surface area contributed by atoms with Gasteiger partial charge in [-0.3, -0.25) is 4.57 Å². The first kappa shape index (κ1) is 21.8. The van der Waals surface area contributed by atoms with E-state index in [0.717, 1.165) is 11.6 Å². The number of benzene rings is 2. The standard InChI is InChI=1S/C16H14BrCl2F2O4P/c17-14-7-10(1-4-13(14)16(20,21)25-26(22)23)9-24-6-5-11-2-3-12(18)8-15(11)19/h1-4,7-8,26H,5-6,9H2,(H,22,23). The minimum absolute atomic E-state index is 0.0487. The van der Waals surface area contributed by atoms with Gasteiger partial charge in [-0.25, -0.2) is 4.52 Å². The highest BCUT2D eigenvalue weighted by atomic mass is 79.9. The molecule has 0 saturated heterocycles. The maximum Gasteiger partial charge on any atom is 0.390 e. The largest absolute Gasteiger partial charge is 0.390 e. The predicted octanol–water partition coefficient (Wildman–Crippen LogP) is 5.96. The average molecular weight is 490 g/mol. The molecule has 4 nitrogen and oxygen atoms in total. The van der Waals surface area contributed by atoms with E-state index < -0.39 is 19.9 Å². The summed E-state index contributed by atoms with van der Waals surface area (Å²) in [6, 6.07) is 9.19. The Bertz CT molecular complexity index is 808. The molecule has 2 rings (SSSR count). The molecule has 26 heavy (non-hydrogen) atoms. The van der Waals surface area contributed by atoms with Crippen LogP contribution in [0.15, 0.2) is 40.9 Å². The molecule has 0 radical (unpaired) electrons. The quantitative estimate of drug-likeness (QED) is 0.367. The summed E-state index contributed by atoms with van der Waals surface area (Å²) in [6.45, 7) is 0.583. The second-order valence-electron chi connectivity index (χ2n) is 5.24. The van der Waals surface area contributed by atoms with Crippen molar-refractivity contribution in [1.82, 2.24) is 0 Å². The Balaban J connectivity index is 1.92. The van der Waals surface area contributed by atoms with Crippen LogP contribution < -0.4 is 0 Å². The predicted molar refractivity (Wildman–Crippen MR) is 100 cm³/mol. The highest BCUT2D eigenvalue weighted by molar-refractivity contribution is 9.10. The molecular weight excluding hydrogens is 476 g/mol. The van der Waals surface area contributed by atoms with Crippen LogP contribution in [0.4, 0.5) is 8.78 Å². The van der Waals surface area contributed by atoms with E-state index in [1.165, 1.54) is 12.1 Å². The summed E-state index contributed by atoms with van der Waals surface area (Å²) >= 11 is 14.9. The topological polar surface area (TPSA) is 55.8 Å². The van der Waals surface area contributed by atoms with Crippen molar-refractivity contribution in [3.8, 4) is 0 Å². The Morgan fingerprint density at radius 2 is 1.92 bits per heavy atom. The van der Waals surface area contributed by atoms with Crippen molar-refractivity contribution >= 4 is 47.4 Å². The number of hydrogen-bond donors (Lipinski definition) is 1. The van der Waals surface area contributed by atoms with Crippen LogP contribution in [-0.2, 0) is 33.0 Å². The third-order valence-electron chi connectivity index (χ3n) is 3.36. The highest BCUT2D eigenvalue weighted by Crippen LogP contribution is 2.41. The van der Waals surface area contributed by atoms with Gasteiger partial charge in [0.25, 0.3) is 0 Å². The minimum Gasteiger partial charge on any atom is -0.376 e. The molecule has 0 spiro atoms. The first-order valence-electron chi connectivity index (χ1n) is 7.29. The van der Waals surface area contributed by atoms with E-state index in [0.29, 0.717) is 28.6 Å². The van der Waals surface area contributed by atoms with Gasteiger partial charge in [-0.2, -0.15) is 8.78 Å². The summed E-state index contributed by atoms with van der Waals surface area (Å²) in [5.74, 6) is 0. The second-order valence-corrected chi connectivity index (χ2v) is 7.67. The third kappa shape index (κ3) is 6.27. The molecule has 1 N–H and O–H groups in total. The van der Waals surface area contributed by atoms with Gasteiger partial charge in [0.2, 0.25) is 0 Å². The highest BCUT2D eigenvalue weighted by Gasteiger charge is 2.37. The molecule has 1 unspecified atom stereocenters. The number of rotatable bonds is 8. The van der Waals surface area contributed by atoms with Crippen molar-refractivity contribution < 1.29 is 27.5 Å². The van der Waals surface area contributed by atoms with Gasteiger partial charge in [0.1, 0.15) is 0 Å². The summed E-state index contributed by atoms with van der Waals surface area (Å²) in [5, 5.41) is 1.11. The van der Waals surface area contributed by atoms with Gasteiger partial charge in [-0.1, -0.05) is 51.3 Å². The average Bonchev–Trinajstić information content (AvgIpc) is 2.51. The normalized spacial score (nSPS) is 13.0. The number of hydrogen-bond acceptors (Lipinski definition) is 3. The van der Waals surface area contributed by atoms with Crippen LogP contribution in [-0.4, -0.2) is 11.5 Å². The summed E-state index contributed by atoms with van der Waals surface area (Å²) in [4.78, 5) is 8.56. The molecule has 0 saturated carbocycles. The first-order chi connectivity index (χ1) is 12.2. The monoisotopic (exact) mass is 488 g/mol. The minimum atomic E-state index is -3.87. The molecule has 2 aromatic carbocycles. The Morgan fingerprint density at radius 3 is 2.54 bits per heavy atom. The summed E-state index contributed by atoms with van der Waals surface area (Å²) in [6.07, 6.45) is -3.29. The fraction of sp³-hybridized carbons (Fsp3) is 0.250. The van der Waals surface area contributed by atoms with Gasteiger partial charge >= 0.3 is 14.4 Å². The third-order valence-corrected chi connectivity index (χ3v) is 5.04. The Morgan fingerprint density at radius 1 is 1.19 bits per heavy atom. The number of halogens is 5. The van der Waals surface area contributed by atoms with Gasteiger partial charge < -0.3 is 9.63 Å². The van der Waals surface area contributed by atoms with Crippen LogP contribution in [0.2, 0.25) is 10.0 Å². The van der Waals surface area contributed by atoms with Crippen molar-refractivity contribution in [3.05, 3.63) is 67.6 Å². The Labute approximate surface area is 168 Å². The molecule has 0 aliphatic carbocycles. The van der Waals surface area contributed by atoms with Crippen LogP contribution >= 0.6 is 47.4 Å². The van der Waals surface area contributed by atoms with Crippen molar-refractivity contribution in [2.45, 2.75) is 19.1 Å². The maximum absolute atomic E-state index is 13.7. The van der Waals surface area contributed by atoms with Crippen LogP contribution in [0.1, 0.15) is 16.7 Å². The summed E-state index contributed by atoms with van der Waals surface area (Å²) in [7, 11) is -3.78. The van der Waals surface area contributed by atoms with E-state index in [-0.39, 0.29) is 11.1 Å². The molecule has 2 aromatic rings. The molecule has 0 aromatic heterocycles. The van der Waals surface area contributed by atoms with E-state index in [4.69, 9.17) is 32.8 Å². The van der Waals surface area contributed by atoms with Crippen molar-refractivity contribution in [3.63, 3.8) is 0 Å². The zero-order chi connectivity index (χ0) is 19.3. The molecule has 0 heterocycles. The van der Waals surface area contributed by atoms with E-state index in [2.05, 4.69) is 20.5 Å². The van der Waals surface area contributed by atoms with E-state index in [9.17, 15) is 13.3 Å². The number of ether oxygens (including phenoxy) is 1. The van der Waals surface area contributed by atoms with Crippen LogP contribution in [0.5, 0.6) is 0 Å². The second kappa shape index (κ2) is 9.60. The lowest BCUT2D eigenvalue weighted by molar-refractivity contribution is -0.186. The Kier molecular flexibility index (Phi) is 8.04. The number of alkyl halides is 2. The van der Waals surface area contributed by atoms with Crippen molar-refractivity contribution in [2.24, 2.45) is 0 Å². The van der Waals surface area contributed by atoms with E-state index in [1.54, 1.807) is 12.1 Å². The molecule has 0 aliphatic rings. The Hall–Kier alpha value is -0.530. The van der Waals surface area contributed by atoms with Crippen LogP contribution in [0.25, 0.3) is 0 Å². The molecular formula is C16H14BrCl2F2O4P. The molecule has 142 valence electrons. The molecule has 10 heteroatoms. The molecule has 1 atom stereocenters. The fourth-order valence-electron chi connectivity index (χ4n) is 2.15. The maximum atomic E-state index is 13.7. The zero-order valence-corrected chi connectivity index (χ0v) is 17.2.